The summed E-state index contributed by atoms with van der Waals surface area (Å²) in [7, 11) is 1.49. The molecule has 1 aromatic carbocycles. The monoisotopic (exact) mass is 290 g/mol. The Balaban J connectivity index is 2.72. The summed E-state index contributed by atoms with van der Waals surface area (Å²) in [4.78, 5) is 7.04. The van der Waals surface area contributed by atoms with E-state index in [4.69, 9.17) is 4.74 Å². The molecule has 0 radical (unpaired) electrons. The number of benzene rings is 1. The summed E-state index contributed by atoms with van der Waals surface area (Å²) in [5, 5.41) is 0.480. The quantitative estimate of drug-likeness (QED) is 0.880. The number of hydrogen-bond acceptors (Lipinski definition) is 2. The molecule has 0 aliphatic heterocycles. The third-order valence-corrected chi connectivity index (χ3v) is 2.80. The third-order valence-electron chi connectivity index (χ3n) is 2.27. The number of ether oxygens (including phenoxy) is 1. The molecule has 2 rings (SSSR count). The SMILES string of the molecule is COc1ccc(C(F)F)c2nc(CBr)[nH]c12. The second kappa shape index (κ2) is 4.37. The van der Waals surface area contributed by atoms with Gasteiger partial charge in [0.1, 0.15) is 22.6 Å². The van der Waals surface area contributed by atoms with Crippen LogP contribution in [0.3, 0.4) is 0 Å². The number of hydrogen-bond donors (Lipinski definition) is 1. The maximum atomic E-state index is 12.7. The molecule has 0 fully saturated rings. The van der Waals surface area contributed by atoms with E-state index >= 15 is 0 Å². The average molecular weight is 291 g/mol. The zero-order valence-corrected chi connectivity index (χ0v) is 10.0. The van der Waals surface area contributed by atoms with E-state index in [0.29, 0.717) is 22.4 Å². The Hall–Kier alpha value is -1.17. The van der Waals surface area contributed by atoms with Gasteiger partial charge >= 0.3 is 0 Å². The van der Waals surface area contributed by atoms with Crippen molar-refractivity contribution in [2.75, 3.05) is 7.11 Å². The Kier molecular flexibility index (Phi) is 3.09. The van der Waals surface area contributed by atoms with Gasteiger partial charge in [-0.3, -0.25) is 0 Å². The van der Waals surface area contributed by atoms with E-state index < -0.39 is 6.43 Å². The van der Waals surface area contributed by atoms with Crippen LogP contribution in [0.4, 0.5) is 8.78 Å². The fourth-order valence-electron chi connectivity index (χ4n) is 1.55. The minimum atomic E-state index is -2.54. The molecule has 0 unspecified atom stereocenters. The van der Waals surface area contributed by atoms with Gasteiger partial charge in [-0.25, -0.2) is 13.8 Å². The average Bonchev–Trinajstić information content (AvgIpc) is 2.70. The summed E-state index contributed by atoms with van der Waals surface area (Å²) in [6.07, 6.45) is -2.54. The highest BCUT2D eigenvalue weighted by atomic mass is 79.9. The standard InChI is InChI=1S/C10H9BrF2N2O/c1-16-6-3-2-5(10(12)13)8-9(6)15-7(4-11)14-8/h2-3,10H,4H2,1H3,(H,14,15). The molecule has 1 N–H and O–H groups in total. The van der Waals surface area contributed by atoms with Gasteiger partial charge in [0, 0.05) is 5.56 Å². The second-order valence-electron chi connectivity index (χ2n) is 3.20. The van der Waals surface area contributed by atoms with Crippen LogP contribution in [0.5, 0.6) is 5.75 Å². The Morgan fingerprint density at radius 2 is 2.25 bits per heavy atom. The molecule has 0 amide bonds. The summed E-state index contributed by atoms with van der Waals surface area (Å²) in [6.45, 7) is 0. The molecule has 0 atom stereocenters. The van der Waals surface area contributed by atoms with Gasteiger partial charge in [0.2, 0.25) is 0 Å². The van der Waals surface area contributed by atoms with E-state index in [1.807, 2.05) is 0 Å². The van der Waals surface area contributed by atoms with Crippen molar-refractivity contribution in [3.8, 4) is 5.75 Å². The highest BCUT2D eigenvalue weighted by molar-refractivity contribution is 9.08. The van der Waals surface area contributed by atoms with Crippen molar-refractivity contribution in [1.82, 2.24) is 9.97 Å². The largest absolute Gasteiger partial charge is 0.494 e. The van der Waals surface area contributed by atoms with Gasteiger partial charge in [0.05, 0.1) is 12.4 Å². The Morgan fingerprint density at radius 1 is 1.50 bits per heavy atom. The lowest BCUT2D eigenvalue weighted by Gasteiger charge is -2.04. The van der Waals surface area contributed by atoms with Gasteiger partial charge in [-0.2, -0.15) is 0 Å². The van der Waals surface area contributed by atoms with Gasteiger partial charge in [-0.1, -0.05) is 15.9 Å². The van der Waals surface area contributed by atoms with Crippen molar-refractivity contribution in [2.24, 2.45) is 0 Å². The highest BCUT2D eigenvalue weighted by Gasteiger charge is 2.17. The number of rotatable bonds is 3. The number of H-pyrrole nitrogens is 1. The van der Waals surface area contributed by atoms with Crippen LogP contribution in [0.2, 0.25) is 0 Å². The number of nitrogens with zero attached hydrogens (tertiary/aromatic N) is 1. The van der Waals surface area contributed by atoms with Crippen LogP contribution < -0.4 is 4.74 Å². The smallest absolute Gasteiger partial charge is 0.266 e. The van der Waals surface area contributed by atoms with Gasteiger partial charge in [-0.05, 0) is 12.1 Å². The van der Waals surface area contributed by atoms with Crippen molar-refractivity contribution in [3.05, 3.63) is 23.5 Å². The topological polar surface area (TPSA) is 37.9 Å². The van der Waals surface area contributed by atoms with E-state index in [0.717, 1.165) is 0 Å². The molecular weight excluding hydrogens is 282 g/mol. The molecule has 0 aliphatic carbocycles. The van der Waals surface area contributed by atoms with Gasteiger partial charge in [0.15, 0.2) is 0 Å². The van der Waals surface area contributed by atoms with Crippen LogP contribution in [-0.2, 0) is 5.33 Å². The summed E-state index contributed by atoms with van der Waals surface area (Å²) in [5.74, 6) is 1.11. The van der Waals surface area contributed by atoms with E-state index in [1.54, 1.807) is 0 Å². The van der Waals surface area contributed by atoms with Crippen molar-refractivity contribution >= 4 is 27.0 Å². The molecule has 0 aliphatic rings. The van der Waals surface area contributed by atoms with Crippen LogP contribution in [0.25, 0.3) is 11.0 Å². The summed E-state index contributed by atoms with van der Waals surface area (Å²) in [5.41, 5.74) is 0.692. The first-order valence-electron chi connectivity index (χ1n) is 4.57. The molecule has 86 valence electrons. The maximum absolute atomic E-state index is 12.7. The molecule has 3 nitrogen and oxygen atoms in total. The summed E-state index contributed by atoms with van der Waals surface area (Å²) < 4.78 is 30.6. The lowest BCUT2D eigenvalue weighted by atomic mass is 10.2. The second-order valence-corrected chi connectivity index (χ2v) is 3.76. The molecule has 1 heterocycles. The molecule has 16 heavy (non-hydrogen) atoms. The molecule has 6 heteroatoms. The molecule has 0 bridgehead atoms. The lowest BCUT2D eigenvalue weighted by Crippen LogP contribution is -1.90. The van der Waals surface area contributed by atoms with Crippen molar-refractivity contribution in [2.45, 2.75) is 11.8 Å². The fourth-order valence-corrected chi connectivity index (χ4v) is 1.81. The predicted octanol–water partition coefficient (Wildman–Crippen LogP) is 3.40. The number of fused-ring (bicyclic) bond motifs is 1. The number of nitrogens with one attached hydrogen (secondary N) is 1. The molecular formula is C10H9BrF2N2O. The maximum Gasteiger partial charge on any atom is 0.266 e. The summed E-state index contributed by atoms with van der Waals surface area (Å²) in [6, 6.07) is 2.85. The van der Waals surface area contributed by atoms with E-state index in [9.17, 15) is 8.78 Å². The number of alkyl halides is 3. The van der Waals surface area contributed by atoms with Gasteiger partial charge in [-0.15, -0.1) is 0 Å². The summed E-state index contributed by atoms with van der Waals surface area (Å²) >= 11 is 3.22. The van der Waals surface area contributed by atoms with Crippen LogP contribution in [0.15, 0.2) is 12.1 Å². The van der Waals surface area contributed by atoms with Gasteiger partial charge in [0.25, 0.3) is 6.43 Å². The zero-order valence-electron chi connectivity index (χ0n) is 8.43. The Bertz CT molecular complexity index is 513. The zero-order chi connectivity index (χ0) is 11.7. The number of aromatic nitrogens is 2. The first kappa shape index (κ1) is 11.3. The Labute approximate surface area is 98.9 Å². The fraction of sp³-hybridized carbons (Fsp3) is 0.300. The van der Waals surface area contributed by atoms with Gasteiger partial charge < -0.3 is 9.72 Å². The van der Waals surface area contributed by atoms with Crippen LogP contribution in [0.1, 0.15) is 17.8 Å². The van der Waals surface area contributed by atoms with Crippen molar-refractivity contribution < 1.29 is 13.5 Å². The van der Waals surface area contributed by atoms with Crippen molar-refractivity contribution in [3.63, 3.8) is 0 Å². The normalized spacial score (nSPS) is 11.3. The van der Waals surface area contributed by atoms with Crippen LogP contribution in [0, 0.1) is 0 Å². The first-order chi connectivity index (χ1) is 7.67. The van der Waals surface area contributed by atoms with E-state index in [-0.39, 0.29) is 11.1 Å². The number of methoxy groups -OCH3 is 1. The number of imidazole rings is 1. The molecule has 2 aromatic rings. The molecule has 0 saturated carbocycles. The predicted molar refractivity (Wildman–Crippen MR) is 60.2 cm³/mol. The van der Waals surface area contributed by atoms with E-state index in [2.05, 4.69) is 25.9 Å². The van der Waals surface area contributed by atoms with Crippen LogP contribution >= 0.6 is 15.9 Å². The number of aromatic amines is 1. The molecule has 0 saturated heterocycles. The van der Waals surface area contributed by atoms with Crippen molar-refractivity contribution in [1.29, 1.82) is 0 Å². The minimum absolute atomic E-state index is 0.0840. The first-order valence-corrected chi connectivity index (χ1v) is 5.69. The molecule has 1 aromatic heterocycles. The number of halogens is 3. The third kappa shape index (κ3) is 1.77. The molecule has 0 spiro atoms. The lowest BCUT2D eigenvalue weighted by molar-refractivity contribution is 0.153. The Morgan fingerprint density at radius 3 is 2.81 bits per heavy atom. The van der Waals surface area contributed by atoms with E-state index in [1.165, 1.54) is 19.2 Å². The minimum Gasteiger partial charge on any atom is -0.494 e. The van der Waals surface area contributed by atoms with Crippen LogP contribution in [-0.4, -0.2) is 17.1 Å². The highest BCUT2D eigenvalue weighted by Crippen LogP contribution is 2.32.